The fourth-order valence-electron chi connectivity index (χ4n) is 3.12. The van der Waals surface area contributed by atoms with Gasteiger partial charge in [0.25, 0.3) is 0 Å². The maximum Gasteiger partial charge on any atom is 0.187 e. The van der Waals surface area contributed by atoms with E-state index in [0.717, 1.165) is 27.2 Å². The van der Waals surface area contributed by atoms with Gasteiger partial charge in [-0.15, -0.1) is 0 Å². The lowest BCUT2D eigenvalue weighted by molar-refractivity contribution is 0.104. The highest BCUT2D eigenvalue weighted by Crippen LogP contribution is 2.34. The second-order valence-corrected chi connectivity index (χ2v) is 7.29. The number of ketones is 1. The van der Waals surface area contributed by atoms with Gasteiger partial charge in [-0.3, -0.25) is 4.79 Å². The molecule has 0 amide bonds. The molecule has 1 unspecified atom stereocenters. The standard InChI is InChI=1S/C22H18BrN3O/c23-17-10-8-15(9-11-17)20-13-18(14-21(27)16-5-2-1-3-6-16)25-19-7-4-12-24-22(19)26-20/h1-12,14,20,25H,13H2,(H,24,26)/b18-14-. The first kappa shape index (κ1) is 17.5. The van der Waals surface area contributed by atoms with E-state index < -0.39 is 0 Å². The van der Waals surface area contributed by atoms with E-state index in [4.69, 9.17) is 0 Å². The summed E-state index contributed by atoms with van der Waals surface area (Å²) in [5.41, 5.74) is 3.53. The maximum atomic E-state index is 12.7. The van der Waals surface area contributed by atoms with Crippen molar-refractivity contribution in [2.45, 2.75) is 12.5 Å². The van der Waals surface area contributed by atoms with Crippen LogP contribution < -0.4 is 10.6 Å². The van der Waals surface area contributed by atoms with Crippen LogP contribution in [-0.2, 0) is 0 Å². The number of pyridine rings is 1. The largest absolute Gasteiger partial charge is 0.361 e. The van der Waals surface area contributed by atoms with Gasteiger partial charge in [-0.1, -0.05) is 58.4 Å². The van der Waals surface area contributed by atoms with Gasteiger partial charge in [0.2, 0.25) is 0 Å². The quantitative estimate of drug-likeness (QED) is 0.429. The normalized spacial score (nSPS) is 17.4. The number of aromatic nitrogens is 1. The molecule has 4 rings (SSSR count). The Kier molecular flexibility index (Phi) is 5.03. The van der Waals surface area contributed by atoms with Gasteiger partial charge in [-0.2, -0.15) is 0 Å². The van der Waals surface area contributed by atoms with Gasteiger partial charge < -0.3 is 10.6 Å². The number of hydrogen-bond donors (Lipinski definition) is 2. The number of allylic oxidation sites excluding steroid dienone is 1. The van der Waals surface area contributed by atoms with E-state index in [-0.39, 0.29) is 11.8 Å². The van der Waals surface area contributed by atoms with E-state index in [9.17, 15) is 4.79 Å². The van der Waals surface area contributed by atoms with Crippen LogP contribution in [0.3, 0.4) is 0 Å². The van der Waals surface area contributed by atoms with Crippen LogP contribution in [0.25, 0.3) is 0 Å². The Hall–Kier alpha value is -2.92. The lowest BCUT2D eigenvalue weighted by Gasteiger charge is -2.17. The molecule has 134 valence electrons. The average Bonchev–Trinajstić information content (AvgIpc) is 2.88. The Balaban J connectivity index is 1.70. The molecule has 4 nitrogen and oxygen atoms in total. The predicted molar refractivity (Wildman–Crippen MR) is 112 cm³/mol. The van der Waals surface area contributed by atoms with Crippen LogP contribution in [0.5, 0.6) is 0 Å². The molecule has 0 radical (unpaired) electrons. The Morgan fingerprint density at radius 2 is 1.81 bits per heavy atom. The van der Waals surface area contributed by atoms with E-state index in [1.807, 2.05) is 54.6 Å². The zero-order chi connectivity index (χ0) is 18.6. The van der Waals surface area contributed by atoms with Gasteiger partial charge in [0, 0.05) is 34.4 Å². The molecular formula is C22H18BrN3O. The number of halogens is 1. The third kappa shape index (κ3) is 4.09. The van der Waals surface area contributed by atoms with E-state index in [1.54, 1.807) is 12.3 Å². The van der Waals surface area contributed by atoms with Crippen LogP contribution in [0.4, 0.5) is 11.5 Å². The molecule has 2 heterocycles. The van der Waals surface area contributed by atoms with Crippen molar-refractivity contribution in [2.75, 3.05) is 10.6 Å². The summed E-state index contributed by atoms with van der Waals surface area (Å²) in [5, 5.41) is 6.87. The summed E-state index contributed by atoms with van der Waals surface area (Å²) in [4.78, 5) is 17.1. The molecule has 0 bridgehead atoms. The van der Waals surface area contributed by atoms with Crippen molar-refractivity contribution in [3.63, 3.8) is 0 Å². The van der Waals surface area contributed by atoms with Gasteiger partial charge in [0.15, 0.2) is 5.78 Å². The first-order valence-electron chi connectivity index (χ1n) is 8.73. The van der Waals surface area contributed by atoms with Crippen molar-refractivity contribution >= 4 is 33.2 Å². The fourth-order valence-corrected chi connectivity index (χ4v) is 3.38. The minimum absolute atomic E-state index is 0.0107. The summed E-state index contributed by atoms with van der Waals surface area (Å²) in [6, 6.07) is 21.4. The summed E-state index contributed by atoms with van der Waals surface area (Å²) in [6.07, 6.45) is 4.09. The van der Waals surface area contributed by atoms with Gasteiger partial charge in [0.1, 0.15) is 5.82 Å². The highest BCUT2D eigenvalue weighted by molar-refractivity contribution is 9.10. The number of rotatable bonds is 3. The number of anilines is 2. The number of carbonyl (C=O) groups excluding carboxylic acids is 1. The number of benzene rings is 2. The lowest BCUT2D eigenvalue weighted by atomic mass is 10.0. The average molecular weight is 420 g/mol. The highest BCUT2D eigenvalue weighted by Gasteiger charge is 2.21. The third-order valence-corrected chi connectivity index (χ3v) is 5.00. The topological polar surface area (TPSA) is 54.0 Å². The number of fused-ring (bicyclic) bond motifs is 1. The van der Waals surface area contributed by atoms with E-state index in [1.165, 1.54) is 0 Å². The molecule has 3 aromatic rings. The Labute approximate surface area is 166 Å². The molecule has 1 atom stereocenters. The Bertz CT molecular complexity index is 984. The van der Waals surface area contributed by atoms with Crippen LogP contribution in [0, 0.1) is 0 Å². The molecule has 0 fully saturated rings. The minimum Gasteiger partial charge on any atom is -0.361 e. The molecule has 1 aromatic heterocycles. The number of hydrogen-bond acceptors (Lipinski definition) is 4. The van der Waals surface area contributed by atoms with Crippen LogP contribution in [-0.4, -0.2) is 10.8 Å². The molecule has 1 aliphatic heterocycles. The monoisotopic (exact) mass is 419 g/mol. The summed E-state index contributed by atoms with van der Waals surface area (Å²) < 4.78 is 1.03. The summed E-state index contributed by atoms with van der Waals surface area (Å²) in [6.45, 7) is 0. The molecule has 0 saturated carbocycles. The molecule has 0 spiro atoms. The van der Waals surface area contributed by atoms with Crippen molar-refractivity contribution < 1.29 is 4.79 Å². The molecule has 0 saturated heterocycles. The van der Waals surface area contributed by atoms with E-state index >= 15 is 0 Å². The van der Waals surface area contributed by atoms with Crippen molar-refractivity contribution in [3.05, 3.63) is 100 Å². The molecule has 0 aliphatic carbocycles. The number of nitrogens with one attached hydrogen (secondary N) is 2. The fraction of sp³-hybridized carbons (Fsp3) is 0.0909. The van der Waals surface area contributed by atoms with Crippen molar-refractivity contribution in [1.29, 1.82) is 0 Å². The predicted octanol–water partition coefficient (Wildman–Crippen LogP) is 5.58. The van der Waals surface area contributed by atoms with Gasteiger partial charge in [-0.25, -0.2) is 4.98 Å². The molecule has 2 aromatic carbocycles. The molecule has 1 aliphatic rings. The summed E-state index contributed by atoms with van der Waals surface area (Å²) >= 11 is 3.48. The molecule has 2 N–H and O–H groups in total. The van der Waals surface area contributed by atoms with Crippen LogP contribution in [0.15, 0.2) is 89.2 Å². The lowest BCUT2D eigenvalue weighted by Crippen LogP contribution is -2.11. The SMILES string of the molecule is O=C(/C=C1/CC(c2ccc(Br)cc2)Nc2ncccc2N1)c1ccccc1. The van der Waals surface area contributed by atoms with Crippen molar-refractivity contribution in [3.8, 4) is 0 Å². The Morgan fingerprint density at radius 3 is 2.59 bits per heavy atom. The summed E-state index contributed by atoms with van der Waals surface area (Å²) in [7, 11) is 0. The van der Waals surface area contributed by atoms with Crippen LogP contribution in [0.1, 0.15) is 28.4 Å². The van der Waals surface area contributed by atoms with E-state index in [2.05, 4.69) is 43.7 Å². The number of carbonyl (C=O) groups is 1. The second kappa shape index (κ2) is 7.76. The third-order valence-electron chi connectivity index (χ3n) is 4.47. The first-order chi connectivity index (χ1) is 13.2. The van der Waals surface area contributed by atoms with Crippen LogP contribution in [0.2, 0.25) is 0 Å². The smallest absolute Gasteiger partial charge is 0.187 e. The molecular weight excluding hydrogens is 402 g/mol. The van der Waals surface area contributed by atoms with Gasteiger partial charge >= 0.3 is 0 Å². The zero-order valence-corrected chi connectivity index (χ0v) is 16.1. The summed E-state index contributed by atoms with van der Waals surface area (Å²) in [5.74, 6) is 0.765. The van der Waals surface area contributed by atoms with E-state index in [0.29, 0.717) is 12.0 Å². The Morgan fingerprint density at radius 1 is 1.04 bits per heavy atom. The highest BCUT2D eigenvalue weighted by atomic mass is 79.9. The molecule has 5 heteroatoms. The van der Waals surface area contributed by atoms with Crippen LogP contribution >= 0.6 is 15.9 Å². The first-order valence-corrected chi connectivity index (χ1v) is 9.52. The number of nitrogens with zero attached hydrogens (tertiary/aromatic N) is 1. The minimum atomic E-state index is -0.0139. The molecule has 27 heavy (non-hydrogen) atoms. The second-order valence-electron chi connectivity index (χ2n) is 6.38. The van der Waals surface area contributed by atoms with Crippen molar-refractivity contribution in [2.24, 2.45) is 0 Å². The van der Waals surface area contributed by atoms with Gasteiger partial charge in [-0.05, 0) is 29.8 Å². The zero-order valence-electron chi connectivity index (χ0n) is 14.5. The maximum absolute atomic E-state index is 12.7. The van der Waals surface area contributed by atoms with Crippen molar-refractivity contribution in [1.82, 2.24) is 4.98 Å². The van der Waals surface area contributed by atoms with Gasteiger partial charge in [0.05, 0.1) is 11.7 Å².